The van der Waals surface area contributed by atoms with Crippen LogP contribution in [0.1, 0.15) is 12.5 Å². The zero-order valence-corrected chi connectivity index (χ0v) is 18.6. The Bertz CT molecular complexity index is 1410. The lowest BCUT2D eigenvalue weighted by Crippen LogP contribution is -2.14. The lowest BCUT2D eigenvalue weighted by atomic mass is 10.2. The first-order valence-corrected chi connectivity index (χ1v) is 11.3. The number of aromatic amines is 1. The Morgan fingerprint density at radius 2 is 1.81 bits per heavy atom. The van der Waals surface area contributed by atoms with Crippen molar-refractivity contribution in [1.29, 1.82) is 0 Å². The number of aromatic nitrogens is 2. The number of nitrogens with one attached hydrogen (secondary N) is 3. The average molecular weight is 451 g/mol. The van der Waals surface area contributed by atoms with Crippen LogP contribution in [-0.4, -0.2) is 31.4 Å². The van der Waals surface area contributed by atoms with Gasteiger partial charge in [-0.2, -0.15) is 0 Å². The number of amides is 1. The first kappa shape index (κ1) is 21.4. The molecule has 1 aromatic heterocycles. The van der Waals surface area contributed by atoms with E-state index in [0.29, 0.717) is 17.3 Å². The summed E-state index contributed by atoms with van der Waals surface area (Å²) in [5.74, 6) is 0.741. The Morgan fingerprint density at radius 3 is 2.47 bits per heavy atom. The molecule has 0 aliphatic carbocycles. The Kier molecular flexibility index (Phi) is 5.58. The number of H-pyrrole nitrogens is 1. The molecule has 1 amide bonds. The predicted molar refractivity (Wildman–Crippen MR) is 124 cm³/mol. The first-order valence-electron chi connectivity index (χ1n) is 9.81. The second kappa shape index (κ2) is 8.35. The van der Waals surface area contributed by atoms with E-state index in [1.165, 1.54) is 32.2 Å². The quantitative estimate of drug-likeness (QED) is 0.405. The van der Waals surface area contributed by atoms with Gasteiger partial charge in [0.15, 0.2) is 0 Å². The molecule has 1 heterocycles. The maximum atomic E-state index is 12.9. The normalized spacial score (nSPS) is 11.3. The van der Waals surface area contributed by atoms with Gasteiger partial charge in [-0.25, -0.2) is 13.4 Å². The van der Waals surface area contributed by atoms with Crippen LogP contribution in [0.15, 0.2) is 65.6 Å². The molecule has 0 spiro atoms. The number of methoxy groups -OCH3 is 1. The molecular weight excluding hydrogens is 428 g/mol. The fourth-order valence-corrected chi connectivity index (χ4v) is 4.45. The number of fused-ring (bicyclic) bond motifs is 1. The number of rotatable bonds is 6. The van der Waals surface area contributed by atoms with Gasteiger partial charge in [0.2, 0.25) is 5.91 Å². The van der Waals surface area contributed by atoms with E-state index in [1.54, 1.807) is 24.3 Å². The number of hydrogen-bond acceptors (Lipinski definition) is 5. The summed E-state index contributed by atoms with van der Waals surface area (Å²) < 4.78 is 33.5. The van der Waals surface area contributed by atoms with Crippen LogP contribution in [0, 0.1) is 6.92 Å². The van der Waals surface area contributed by atoms with Crippen molar-refractivity contribution >= 4 is 38.3 Å². The number of para-hydroxylation sites is 1. The van der Waals surface area contributed by atoms with Crippen molar-refractivity contribution in [1.82, 2.24) is 9.97 Å². The van der Waals surface area contributed by atoms with Gasteiger partial charge in [0.05, 0.1) is 28.7 Å². The van der Waals surface area contributed by atoms with Crippen LogP contribution in [0.25, 0.3) is 22.4 Å². The summed E-state index contributed by atoms with van der Waals surface area (Å²) in [4.78, 5) is 19.3. The number of ether oxygens (including phenoxy) is 1. The summed E-state index contributed by atoms with van der Waals surface area (Å²) in [6, 6.07) is 17.1. The number of carbonyl (C=O) groups excluding carboxylic acids is 1. The zero-order chi connectivity index (χ0) is 22.9. The molecule has 4 rings (SSSR count). The molecule has 8 nitrogen and oxygen atoms in total. The number of hydrogen-bond donors (Lipinski definition) is 3. The molecule has 3 N–H and O–H groups in total. The minimum Gasteiger partial charge on any atom is -0.495 e. The number of sulfonamides is 1. The highest BCUT2D eigenvalue weighted by Gasteiger charge is 2.18. The maximum absolute atomic E-state index is 12.9. The van der Waals surface area contributed by atoms with E-state index in [1.807, 2.05) is 25.1 Å². The van der Waals surface area contributed by atoms with Gasteiger partial charge in [0, 0.05) is 18.2 Å². The lowest BCUT2D eigenvalue weighted by molar-refractivity contribution is -0.114. The van der Waals surface area contributed by atoms with Crippen molar-refractivity contribution in [2.75, 3.05) is 17.1 Å². The maximum Gasteiger partial charge on any atom is 0.261 e. The molecule has 0 bridgehead atoms. The van der Waals surface area contributed by atoms with E-state index in [2.05, 4.69) is 20.0 Å². The van der Waals surface area contributed by atoms with Gasteiger partial charge >= 0.3 is 0 Å². The summed E-state index contributed by atoms with van der Waals surface area (Å²) in [6.07, 6.45) is 0. The van der Waals surface area contributed by atoms with Crippen molar-refractivity contribution in [3.8, 4) is 17.1 Å². The third-order valence-corrected chi connectivity index (χ3v) is 6.30. The second-order valence-electron chi connectivity index (χ2n) is 7.28. The Hall–Kier alpha value is -3.85. The molecule has 0 aliphatic rings. The number of imidazole rings is 1. The number of benzene rings is 3. The molecule has 0 fully saturated rings. The number of carbonyl (C=O) groups is 1. The number of anilines is 2. The van der Waals surface area contributed by atoms with Gasteiger partial charge in [-0.1, -0.05) is 12.1 Å². The van der Waals surface area contributed by atoms with Gasteiger partial charge < -0.3 is 15.0 Å². The van der Waals surface area contributed by atoms with Crippen LogP contribution in [-0.2, 0) is 14.8 Å². The lowest BCUT2D eigenvalue weighted by Gasteiger charge is -2.13. The fraction of sp³-hybridized carbons (Fsp3) is 0.130. The second-order valence-corrected chi connectivity index (χ2v) is 8.97. The van der Waals surface area contributed by atoms with Gasteiger partial charge in [0.25, 0.3) is 10.0 Å². The minimum absolute atomic E-state index is 0.00103. The number of aryl methyl sites for hydroxylation is 1. The molecule has 164 valence electrons. The first-order chi connectivity index (χ1) is 15.3. The van der Waals surface area contributed by atoms with Crippen LogP contribution in [0.4, 0.5) is 11.4 Å². The summed E-state index contributed by atoms with van der Waals surface area (Å²) >= 11 is 0. The van der Waals surface area contributed by atoms with E-state index >= 15 is 0 Å². The predicted octanol–water partition coefficient (Wildman–Crippen LogP) is 4.31. The van der Waals surface area contributed by atoms with Gasteiger partial charge in [0.1, 0.15) is 11.6 Å². The van der Waals surface area contributed by atoms with E-state index in [0.717, 1.165) is 22.2 Å². The zero-order valence-electron chi connectivity index (χ0n) is 17.8. The molecule has 9 heteroatoms. The van der Waals surface area contributed by atoms with Crippen LogP contribution in [0.3, 0.4) is 0 Å². The molecule has 0 radical (unpaired) electrons. The van der Waals surface area contributed by atoms with E-state index < -0.39 is 10.0 Å². The van der Waals surface area contributed by atoms with Crippen molar-refractivity contribution in [2.24, 2.45) is 0 Å². The number of nitrogens with zero attached hydrogens (tertiary/aromatic N) is 1. The molecule has 3 aromatic carbocycles. The Balaban J connectivity index is 1.58. The Labute approximate surface area is 185 Å². The standard InChI is InChI=1S/C23H22N4O4S/c1-14-5-4-6-19-22(14)26-23(25-19)16-7-9-17(10-8-16)27-32(29,30)18-11-12-21(31-3)20(13-18)24-15(2)28/h4-13,27H,1-3H3,(H,24,28)(H,25,26). The van der Waals surface area contributed by atoms with E-state index in [9.17, 15) is 13.2 Å². The SMILES string of the molecule is COc1ccc(S(=O)(=O)Nc2ccc(-c3nc4c(C)cccc4[nH]3)cc2)cc1NC(C)=O. The minimum atomic E-state index is -3.88. The van der Waals surface area contributed by atoms with E-state index in [-0.39, 0.29) is 16.5 Å². The summed E-state index contributed by atoms with van der Waals surface area (Å²) in [7, 11) is -2.44. The monoisotopic (exact) mass is 450 g/mol. The highest BCUT2D eigenvalue weighted by Crippen LogP contribution is 2.29. The largest absolute Gasteiger partial charge is 0.495 e. The average Bonchev–Trinajstić information content (AvgIpc) is 3.19. The Morgan fingerprint density at radius 1 is 1.06 bits per heavy atom. The summed E-state index contributed by atoms with van der Waals surface area (Å²) in [5, 5.41) is 2.57. The third kappa shape index (κ3) is 4.28. The fourth-order valence-electron chi connectivity index (χ4n) is 3.36. The van der Waals surface area contributed by atoms with Gasteiger partial charge in [-0.15, -0.1) is 0 Å². The van der Waals surface area contributed by atoms with Crippen molar-refractivity contribution in [2.45, 2.75) is 18.7 Å². The molecular formula is C23H22N4O4S. The van der Waals surface area contributed by atoms with Crippen LogP contribution in [0.2, 0.25) is 0 Å². The van der Waals surface area contributed by atoms with Gasteiger partial charge in [-0.3, -0.25) is 9.52 Å². The van der Waals surface area contributed by atoms with Crippen molar-refractivity contribution < 1.29 is 17.9 Å². The highest BCUT2D eigenvalue weighted by molar-refractivity contribution is 7.92. The van der Waals surface area contributed by atoms with Crippen molar-refractivity contribution in [3.63, 3.8) is 0 Å². The highest BCUT2D eigenvalue weighted by atomic mass is 32.2. The van der Waals surface area contributed by atoms with Crippen molar-refractivity contribution in [3.05, 3.63) is 66.2 Å². The molecule has 32 heavy (non-hydrogen) atoms. The summed E-state index contributed by atoms with van der Waals surface area (Å²) in [6.45, 7) is 3.34. The van der Waals surface area contributed by atoms with Crippen LogP contribution in [0.5, 0.6) is 5.75 Å². The molecule has 0 aliphatic heterocycles. The molecule has 0 atom stereocenters. The summed E-state index contributed by atoms with van der Waals surface area (Å²) in [5.41, 5.74) is 4.44. The van der Waals surface area contributed by atoms with Crippen LogP contribution >= 0.6 is 0 Å². The molecule has 0 unspecified atom stereocenters. The van der Waals surface area contributed by atoms with E-state index in [4.69, 9.17) is 4.74 Å². The van der Waals surface area contributed by atoms with Crippen LogP contribution < -0.4 is 14.8 Å². The molecule has 4 aromatic rings. The topological polar surface area (TPSA) is 113 Å². The third-order valence-electron chi connectivity index (χ3n) is 4.92. The smallest absolute Gasteiger partial charge is 0.261 e. The van der Waals surface area contributed by atoms with Gasteiger partial charge in [-0.05, 0) is 61.0 Å². The molecule has 0 saturated carbocycles. The molecule has 0 saturated heterocycles.